The van der Waals surface area contributed by atoms with Crippen molar-refractivity contribution in [1.82, 2.24) is 19.7 Å². The second kappa shape index (κ2) is 12.9. The highest BCUT2D eigenvalue weighted by Crippen LogP contribution is 2.56. The summed E-state index contributed by atoms with van der Waals surface area (Å²) in [6.45, 7) is 4.36. The van der Waals surface area contributed by atoms with Crippen molar-refractivity contribution < 1.29 is 27.5 Å². The number of aliphatic hydroxyl groups is 1. The molecule has 49 heavy (non-hydrogen) atoms. The number of nitriles is 1. The SMILES string of the molecule is COc1cc(CN2CCN(C)CC2)ccc1C1(N2CC(O)CC2c2ncco2)C(=O)N(S(=O)(=O)c2ccc(C#N)cc2)c2ccc(Cl)cc21. The number of aromatic nitrogens is 1. The second-order valence-electron chi connectivity index (χ2n) is 12.6. The van der Waals surface area contributed by atoms with Gasteiger partial charge in [-0.15, -0.1) is 0 Å². The zero-order valence-corrected chi connectivity index (χ0v) is 28.6. The quantitative estimate of drug-likeness (QED) is 0.287. The third kappa shape index (κ3) is 5.58. The number of carbonyl (C=O) groups is 1. The number of benzene rings is 3. The average Bonchev–Trinajstić information content (AvgIpc) is 3.83. The Labute approximate surface area is 289 Å². The van der Waals surface area contributed by atoms with Crippen LogP contribution in [-0.4, -0.2) is 92.1 Å². The molecule has 4 aromatic rings. The number of halogens is 1. The molecule has 0 radical (unpaired) electrons. The van der Waals surface area contributed by atoms with Crippen LogP contribution in [0, 0.1) is 11.3 Å². The molecule has 0 saturated carbocycles. The summed E-state index contributed by atoms with van der Waals surface area (Å²) in [5.41, 5.74) is 0.176. The number of likely N-dealkylation sites (tertiary alicyclic amines) is 1. The number of carbonyl (C=O) groups excluding carboxylic acids is 1. The summed E-state index contributed by atoms with van der Waals surface area (Å²) in [5.74, 6) is -0.160. The van der Waals surface area contributed by atoms with Crippen LogP contribution in [0.5, 0.6) is 5.75 Å². The molecule has 3 aromatic carbocycles. The van der Waals surface area contributed by atoms with Crippen molar-refractivity contribution >= 4 is 33.2 Å². The highest BCUT2D eigenvalue weighted by molar-refractivity contribution is 7.93. The van der Waals surface area contributed by atoms with Crippen LogP contribution in [0.25, 0.3) is 0 Å². The van der Waals surface area contributed by atoms with Gasteiger partial charge in [0.15, 0.2) is 5.54 Å². The van der Waals surface area contributed by atoms with Gasteiger partial charge < -0.3 is 19.2 Å². The number of piperazine rings is 1. The number of nitrogens with zero attached hydrogens (tertiary/aromatic N) is 6. The largest absolute Gasteiger partial charge is 0.496 e. The second-order valence-corrected chi connectivity index (χ2v) is 14.8. The van der Waals surface area contributed by atoms with Crippen LogP contribution in [0.4, 0.5) is 5.69 Å². The number of likely N-dealkylation sites (N-methyl/N-ethyl adjacent to an activating group) is 1. The van der Waals surface area contributed by atoms with Crippen LogP contribution >= 0.6 is 11.6 Å². The van der Waals surface area contributed by atoms with E-state index in [4.69, 9.17) is 20.8 Å². The Morgan fingerprint density at radius 3 is 2.51 bits per heavy atom. The number of oxazole rings is 1. The van der Waals surface area contributed by atoms with Gasteiger partial charge in [-0.25, -0.2) is 17.7 Å². The van der Waals surface area contributed by atoms with Crippen LogP contribution < -0.4 is 9.04 Å². The van der Waals surface area contributed by atoms with Gasteiger partial charge in [0.05, 0.1) is 47.7 Å². The molecule has 0 bridgehead atoms. The van der Waals surface area contributed by atoms with Crippen molar-refractivity contribution in [3.8, 4) is 11.8 Å². The number of sulfonamides is 1. The first kappa shape index (κ1) is 33.2. The molecule has 1 amide bonds. The molecule has 12 nitrogen and oxygen atoms in total. The van der Waals surface area contributed by atoms with E-state index in [9.17, 15) is 18.8 Å². The van der Waals surface area contributed by atoms with E-state index in [0.29, 0.717) is 23.4 Å². The fourth-order valence-electron chi connectivity index (χ4n) is 7.30. The van der Waals surface area contributed by atoms with Gasteiger partial charge in [0.1, 0.15) is 12.0 Å². The summed E-state index contributed by atoms with van der Waals surface area (Å²) >= 11 is 6.64. The van der Waals surface area contributed by atoms with Crippen molar-refractivity contribution in [2.75, 3.05) is 51.2 Å². The molecule has 3 aliphatic rings. The molecular weight excluding hydrogens is 668 g/mol. The maximum absolute atomic E-state index is 15.5. The Morgan fingerprint density at radius 2 is 1.84 bits per heavy atom. The summed E-state index contributed by atoms with van der Waals surface area (Å²) in [6, 6.07) is 16.9. The molecule has 7 rings (SSSR count). The van der Waals surface area contributed by atoms with Gasteiger partial charge >= 0.3 is 0 Å². The molecule has 0 aliphatic carbocycles. The molecular formula is C35H35ClN6O6S. The van der Waals surface area contributed by atoms with Crippen molar-refractivity contribution in [3.63, 3.8) is 0 Å². The predicted octanol–water partition coefficient (Wildman–Crippen LogP) is 3.74. The maximum Gasteiger partial charge on any atom is 0.271 e. The van der Waals surface area contributed by atoms with Crippen molar-refractivity contribution in [1.29, 1.82) is 5.26 Å². The molecule has 2 saturated heterocycles. The summed E-state index contributed by atoms with van der Waals surface area (Å²) in [4.78, 5) is 26.1. The first-order valence-electron chi connectivity index (χ1n) is 15.9. The number of methoxy groups -OCH3 is 1. The fourth-order valence-corrected chi connectivity index (χ4v) is 8.93. The Bertz CT molecular complexity index is 2030. The lowest BCUT2D eigenvalue weighted by Gasteiger charge is -2.41. The van der Waals surface area contributed by atoms with E-state index in [0.717, 1.165) is 36.0 Å². The lowest BCUT2D eigenvalue weighted by Crippen LogP contribution is -2.55. The van der Waals surface area contributed by atoms with Gasteiger partial charge in [-0.3, -0.25) is 14.6 Å². The normalized spacial score (nSPS) is 23.5. The van der Waals surface area contributed by atoms with Gasteiger partial charge in [-0.05, 0) is 67.6 Å². The topological polar surface area (TPSA) is 143 Å². The maximum atomic E-state index is 15.5. The number of anilines is 1. The molecule has 1 N–H and O–H groups in total. The van der Waals surface area contributed by atoms with Gasteiger partial charge in [0.2, 0.25) is 5.89 Å². The Kier molecular flexibility index (Phi) is 8.72. The van der Waals surface area contributed by atoms with Gasteiger partial charge in [0, 0.05) is 55.4 Å². The van der Waals surface area contributed by atoms with Gasteiger partial charge in [-0.2, -0.15) is 5.26 Å². The first-order chi connectivity index (χ1) is 23.6. The molecule has 1 aromatic heterocycles. The molecule has 3 atom stereocenters. The molecule has 4 heterocycles. The Hall–Kier alpha value is -4.29. The van der Waals surface area contributed by atoms with E-state index in [1.165, 1.54) is 56.0 Å². The molecule has 0 spiro atoms. The third-order valence-corrected chi connectivity index (χ3v) is 11.6. The van der Waals surface area contributed by atoms with Crippen LogP contribution in [0.15, 0.2) is 82.4 Å². The van der Waals surface area contributed by atoms with E-state index in [-0.39, 0.29) is 40.0 Å². The predicted molar refractivity (Wildman–Crippen MR) is 180 cm³/mol. The molecule has 3 aliphatic heterocycles. The van der Waals surface area contributed by atoms with E-state index in [1.807, 2.05) is 24.3 Å². The zero-order chi connectivity index (χ0) is 34.5. The lowest BCUT2D eigenvalue weighted by molar-refractivity contribution is -0.127. The lowest BCUT2D eigenvalue weighted by atomic mass is 9.80. The number of ether oxygens (including phenoxy) is 1. The van der Waals surface area contributed by atoms with Crippen molar-refractivity contribution in [3.05, 3.63) is 106 Å². The number of aliphatic hydroxyl groups excluding tert-OH is 1. The monoisotopic (exact) mass is 702 g/mol. The molecule has 14 heteroatoms. The van der Waals surface area contributed by atoms with Crippen molar-refractivity contribution in [2.24, 2.45) is 0 Å². The standard InChI is InChI=1S/C35H35ClN6O6S/c1-39-12-14-40(15-13-39)21-24-5-9-28(32(17-24)47-2)35(41-22-26(43)19-31(41)33-38-11-16-48-33)29-18-25(36)6-10-30(29)42(34(35)44)49(45,46)27-7-3-23(20-37)4-8-27/h3-11,16-18,26,31,43H,12-15,19,21-22H2,1-2H3. The van der Waals surface area contributed by atoms with E-state index >= 15 is 4.79 Å². The van der Waals surface area contributed by atoms with Crippen LogP contribution in [0.1, 0.15) is 40.6 Å². The summed E-state index contributed by atoms with van der Waals surface area (Å²) in [6.07, 6.45) is 2.19. The number of fused-ring (bicyclic) bond motifs is 1. The van der Waals surface area contributed by atoms with E-state index < -0.39 is 33.6 Å². The van der Waals surface area contributed by atoms with E-state index in [2.05, 4.69) is 21.8 Å². The molecule has 254 valence electrons. The Balaban J connectivity index is 1.45. The fraction of sp³-hybridized carbons (Fsp3) is 0.343. The molecule has 2 fully saturated rings. The number of hydrogen-bond donors (Lipinski definition) is 1. The highest BCUT2D eigenvalue weighted by atomic mass is 35.5. The zero-order valence-electron chi connectivity index (χ0n) is 27.0. The van der Waals surface area contributed by atoms with Crippen LogP contribution in [-0.2, 0) is 26.9 Å². The minimum Gasteiger partial charge on any atom is -0.496 e. The summed E-state index contributed by atoms with van der Waals surface area (Å²) < 4.78 is 41.6. The minimum absolute atomic E-state index is 0.0122. The van der Waals surface area contributed by atoms with Crippen LogP contribution in [0.2, 0.25) is 5.02 Å². The highest BCUT2D eigenvalue weighted by Gasteiger charge is 2.63. The van der Waals surface area contributed by atoms with Gasteiger partial charge in [-0.1, -0.05) is 23.7 Å². The Morgan fingerprint density at radius 1 is 1.08 bits per heavy atom. The summed E-state index contributed by atoms with van der Waals surface area (Å²) in [5, 5.41) is 20.8. The van der Waals surface area contributed by atoms with Crippen molar-refractivity contribution in [2.45, 2.75) is 35.5 Å². The number of rotatable bonds is 8. The van der Waals surface area contributed by atoms with E-state index in [1.54, 1.807) is 11.0 Å². The smallest absolute Gasteiger partial charge is 0.271 e. The van der Waals surface area contributed by atoms with Crippen LogP contribution in [0.3, 0.4) is 0 Å². The number of hydrogen-bond acceptors (Lipinski definition) is 11. The third-order valence-electron chi connectivity index (χ3n) is 9.69. The average molecular weight is 703 g/mol. The minimum atomic E-state index is -4.53. The molecule has 3 unspecified atom stereocenters. The first-order valence-corrected chi connectivity index (χ1v) is 17.7. The van der Waals surface area contributed by atoms with Gasteiger partial charge in [0.25, 0.3) is 15.9 Å². The number of β-amino-alcohol motifs (C(OH)–C–C–N with tert-alkyl or cyclic N) is 1. The number of amides is 1. The summed E-state index contributed by atoms with van der Waals surface area (Å²) in [7, 11) is -0.918.